The van der Waals surface area contributed by atoms with Gasteiger partial charge in [0.1, 0.15) is 5.75 Å². The molecule has 1 heterocycles. The molecule has 0 aromatic heterocycles. The van der Waals surface area contributed by atoms with Gasteiger partial charge in [-0.25, -0.2) is 0 Å². The Kier molecular flexibility index (Phi) is 9.39. The average Bonchev–Trinajstić information content (AvgIpc) is 3.05. The van der Waals surface area contributed by atoms with E-state index in [1.165, 1.54) is 0 Å². The summed E-state index contributed by atoms with van der Waals surface area (Å²) in [4.78, 5) is 31.5. The third-order valence-corrected chi connectivity index (χ3v) is 7.78. The molecule has 7 nitrogen and oxygen atoms in total. The topological polar surface area (TPSA) is 73.9 Å². The lowest BCUT2D eigenvalue weighted by Crippen LogP contribution is -2.47. The number of methoxy groups -OCH3 is 1. The molecule has 1 atom stereocenters. The van der Waals surface area contributed by atoms with Crippen LogP contribution in [0.1, 0.15) is 40.7 Å². The minimum atomic E-state index is -0.274. The Balaban J connectivity index is 1.36. The van der Waals surface area contributed by atoms with E-state index in [1.54, 1.807) is 13.2 Å². The van der Waals surface area contributed by atoms with Crippen molar-refractivity contribution in [3.63, 3.8) is 0 Å². The van der Waals surface area contributed by atoms with Crippen LogP contribution in [0.2, 0.25) is 0 Å². The van der Waals surface area contributed by atoms with Crippen LogP contribution in [0.25, 0.3) is 0 Å². The first-order valence-electron chi connectivity index (χ1n) is 14.5. The summed E-state index contributed by atoms with van der Waals surface area (Å²) < 4.78 is 5.58. The normalized spacial score (nSPS) is 13.8. The van der Waals surface area contributed by atoms with Gasteiger partial charge < -0.3 is 25.2 Å². The first-order valence-corrected chi connectivity index (χ1v) is 14.5. The van der Waals surface area contributed by atoms with Gasteiger partial charge in [0, 0.05) is 44.1 Å². The number of hydrogen-bond donors (Lipinski definition) is 2. The molecule has 0 spiro atoms. The van der Waals surface area contributed by atoms with Gasteiger partial charge >= 0.3 is 0 Å². The van der Waals surface area contributed by atoms with E-state index in [2.05, 4.69) is 26.5 Å². The monoisotopic (exact) mass is 562 g/mol. The van der Waals surface area contributed by atoms with Crippen LogP contribution < -0.4 is 25.2 Å². The van der Waals surface area contributed by atoms with Crippen LogP contribution in [0.4, 0.5) is 17.1 Å². The van der Waals surface area contributed by atoms with Crippen molar-refractivity contribution in [2.75, 3.05) is 48.4 Å². The standard InChI is InChI=1S/C35H38N4O3/c1-3-29(27-14-8-5-9-15-27)35(41)37-28-18-19-31(30(24-28)34(40)36-25-26-12-6-4-7-13-26)38-20-22-39(23-21-38)32-16-10-11-17-33(32)42-2/h4-19,24,29H,3,20-23,25H2,1-2H3,(H,36,40)(H,37,41). The molecule has 5 rings (SSSR count). The fourth-order valence-electron chi connectivity index (χ4n) is 5.51. The molecule has 4 aromatic rings. The van der Waals surface area contributed by atoms with Crippen molar-refractivity contribution in [1.29, 1.82) is 0 Å². The van der Waals surface area contributed by atoms with E-state index >= 15 is 0 Å². The Hall–Kier alpha value is -4.78. The molecule has 4 aromatic carbocycles. The van der Waals surface area contributed by atoms with Crippen molar-refractivity contribution in [1.82, 2.24) is 5.32 Å². The number of carbonyl (C=O) groups excluding carboxylic acids is 2. The number of para-hydroxylation sites is 2. The maximum Gasteiger partial charge on any atom is 0.253 e. The number of anilines is 3. The van der Waals surface area contributed by atoms with E-state index in [4.69, 9.17) is 4.74 Å². The van der Waals surface area contributed by atoms with Crippen LogP contribution >= 0.6 is 0 Å². The maximum absolute atomic E-state index is 13.6. The van der Waals surface area contributed by atoms with Crippen molar-refractivity contribution >= 4 is 28.9 Å². The average molecular weight is 563 g/mol. The number of hydrogen-bond acceptors (Lipinski definition) is 5. The molecule has 216 valence electrons. The molecule has 1 unspecified atom stereocenters. The summed E-state index contributed by atoms with van der Waals surface area (Å²) in [5, 5.41) is 6.15. The van der Waals surface area contributed by atoms with Crippen LogP contribution in [0, 0.1) is 0 Å². The number of amides is 2. The first kappa shape index (κ1) is 28.7. The van der Waals surface area contributed by atoms with E-state index in [0.717, 1.165) is 54.4 Å². The number of carbonyl (C=O) groups is 2. The van der Waals surface area contributed by atoms with E-state index in [9.17, 15) is 9.59 Å². The van der Waals surface area contributed by atoms with Gasteiger partial charge in [-0.15, -0.1) is 0 Å². The van der Waals surface area contributed by atoms with Gasteiger partial charge in [0.25, 0.3) is 5.91 Å². The predicted octanol–water partition coefficient (Wildman–Crippen LogP) is 6.08. The van der Waals surface area contributed by atoms with Gasteiger partial charge in [-0.2, -0.15) is 0 Å². The summed E-state index contributed by atoms with van der Waals surface area (Å²) in [5.74, 6) is 0.321. The van der Waals surface area contributed by atoms with Gasteiger partial charge in [0.05, 0.1) is 24.3 Å². The Morgan fingerprint density at radius 2 is 1.40 bits per heavy atom. The third-order valence-electron chi connectivity index (χ3n) is 7.78. The van der Waals surface area contributed by atoms with Gasteiger partial charge in [-0.1, -0.05) is 79.7 Å². The highest BCUT2D eigenvalue weighted by Crippen LogP contribution is 2.31. The summed E-state index contributed by atoms with van der Waals surface area (Å²) in [6.07, 6.45) is 0.675. The maximum atomic E-state index is 13.6. The number of benzene rings is 4. The summed E-state index contributed by atoms with van der Waals surface area (Å²) >= 11 is 0. The highest BCUT2D eigenvalue weighted by molar-refractivity contribution is 6.03. The van der Waals surface area contributed by atoms with E-state index in [1.807, 2.05) is 97.9 Å². The Labute approximate surface area is 248 Å². The molecule has 42 heavy (non-hydrogen) atoms. The van der Waals surface area contributed by atoms with Crippen LogP contribution in [-0.4, -0.2) is 45.1 Å². The smallest absolute Gasteiger partial charge is 0.253 e. The fraction of sp³-hybridized carbons (Fsp3) is 0.257. The summed E-state index contributed by atoms with van der Waals surface area (Å²) in [6.45, 7) is 5.50. The number of nitrogens with zero attached hydrogens (tertiary/aromatic N) is 2. The molecule has 2 N–H and O–H groups in total. The minimum Gasteiger partial charge on any atom is -0.495 e. The molecule has 0 bridgehead atoms. The summed E-state index contributed by atoms with van der Waals surface area (Å²) in [5.41, 5.74) is 5.08. The lowest BCUT2D eigenvalue weighted by Gasteiger charge is -2.38. The molecule has 0 radical (unpaired) electrons. The molecule has 1 saturated heterocycles. The lowest BCUT2D eigenvalue weighted by atomic mass is 9.95. The second-order valence-electron chi connectivity index (χ2n) is 10.4. The SMILES string of the molecule is CCC(C(=O)Nc1ccc(N2CCN(c3ccccc3OC)CC2)c(C(=O)NCc2ccccc2)c1)c1ccccc1. The van der Waals surface area contributed by atoms with E-state index in [-0.39, 0.29) is 17.7 Å². The molecule has 0 saturated carbocycles. The van der Waals surface area contributed by atoms with Gasteiger partial charge in [0.2, 0.25) is 5.91 Å². The van der Waals surface area contributed by atoms with Crippen molar-refractivity contribution < 1.29 is 14.3 Å². The Morgan fingerprint density at radius 3 is 2.07 bits per heavy atom. The van der Waals surface area contributed by atoms with Gasteiger partial charge in [-0.05, 0) is 47.9 Å². The number of piperazine rings is 1. The second-order valence-corrected chi connectivity index (χ2v) is 10.4. The molecule has 0 aliphatic carbocycles. The third kappa shape index (κ3) is 6.74. The number of ether oxygens (including phenoxy) is 1. The highest BCUT2D eigenvalue weighted by Gasteiger charge is 2.25. The minimum absolute atomic E-state index is 0.0856. The largest absolute Gasteiger partial charge is 0.495 e. The summed E-state index contributed by atoms with van der Waals surface area (Å²) in [6, 6.07) is 33.4. The molecule has 1 aliphatic heterocycles. The Bertz CT molecular complexity index is 1480. The molecule has 2 amide bonds. The zero-order valence-corrected chi connectivity index (χ0v) is 24.3. The molecular weight excluding hydrogens is 524 g/mol. The number of nitrogens with one attached hydrogen (secondary N) is 2. The predicted molar refractivity (Wildman–Crippen MR) is 170 cm³/mol. The van der Waals surface area contributed by atoms with Gasteiger partial charge in [-0.3, -0.25) is 9.59 Å². The number of rotatable bonds is 10. The highest BCUT2D eigenvalue weighted by atomic mass is 16.5. The molecular formula is C35H38N4O3. The zero-order valence-electron chi connectivity index (χ0n) is 24.3. The molecule has 1 fully saturated rings. The fourth-order valence-corrected chi connectivity index (χ4v) is 5.51. The van der Waals surface area contributed by atoms with Gasteiger partial charge in [0.15, 0.2) is 0 Å². The lowest BCUT2D eigenvalue weighted by molar-refractivity contribution is -0.117. The van der Waals surface area contributed by atoms with Crippen LogP contribution in [0.3, 0.4) is 0 Å². The molecule has 7 heteroatoms. The van der Waals surface area contributed by atoms with Crippen molar-refractivity contribution in [3.05, 3.63) is 120 Å². The van der Waals surface area contributed by atoms with E-state index < -0.39 is 0 Å². The van der Waals surface area contributed by atoms with Crippen LogP contribution in [0.5, 0.6) is 5.75 Å². The Morgan fingerprint density at radius 1 is 0.786 bits per heavy atom. The van der Waals surface area contributed by atoms with Crippen molar-refractivity contribution in [2.24, 2.45) is 0 Å². The summed E-state index contributed by atoms with van der Waals surface area (Å²) in [7, 11) is 1.69. The first-order chi connectivity index (χ1) is 20.6. The quantitative estimate of drug-likeness (QED) is 0.245. The van der Waals surface area contributed by atoms with E-state index in [0.29, 0.717) is 24.2 Å². The van der Waals surface area contributed by atoms with Crippen LogP contribution in [-0.2, 0) is 11.3 Å². The van der Waals surface area contributed by atoms with Crippen molar-refractivity contribution in [2.45, 2.75) is 25.8 Å². The zero-order chi connectivity index (χ0) is 29.3. The van der Waals surface area contributed by atoms with Crippen LogP contribution in [0.15, 0.2) is 103 Å². The molecule has 1 aliphatic rings. The second kappa shape index (κ2) is 13.7. The van der Waals surface area contributed by atoms with Crippen molar-refractivity contribution in [3.8, 4) is 5.75 Å².